The van der Waals surface area contributed by atoms with E-state index < -0.39 is 85.0 Å². The van der Waals surface area contributed by atoms with E-state index in [1.165, 1.54) is 0 Å². The molecular weight excluding hydrogens is 470 g/mol. The van der Waals surface area contributed by atoms with Crippen LogP contribution in [0.1, 0.15) is 52.4 Å². The summed E-state index contributed by atoms with van der Waals surface area (Å²) in [4.78, 5) is 81.9. The van der Waals surface area contributed by atoms with Gasteiger partial charge in [-0.2, -0.15) is 0 Å². The first-order valence-electron chi connectivity index (χ1n) is 10.7. The number of amides is 4. The molecule has 15 nitrogen and oxygen atoms in total. The molecule has 10 N–H and O–H groups in total. The largest absolute Gasteiger partial charge is 0.481 e. The van der Waals surface area contributed by atoms with E-state index >= 15 is 0 Å². The van der Waals surface area contributed by atoms with E-state index in [-0.39, 0.29) is 25.2 Å². The maximum absolute atomic E-state index is 12.8. The van der Waals surface area contributed by atoms with Gasteiger partial charge in [-0.3, -0.25) is 28.8 Å². The maximum Gasteiger partial charge on any atom is 0.326 e. The van der Waals surface area contributed by atoms with Crippen LogP contribution in [0.3, 0.4) is 0 Å². The molecule has 0 saturated carbocycles. The highest BCUT2D eigenvalue weighted by Crippen LogP contribution is 2.08. The molecule has 0 fully saturated rings. The Labute approximate surface area is 201 Å². The number of carbonyl (C=O) groups is 7. The van der Waals surface area contributed by atoms with Gasteiger partial charge in [0, 0.05) is 12.8 Å². The standard InChI is InChI=1S/C20H33N5O10/c1-9(2)7-12(24-17(31)10(21)3-5-15(27)28)18(32)25-13(8-14(22)26)19(33)23-11(20(34)35)4-6-16(29)30/h9-13H,3-8,21H2,1-2H3,(H2,22,26)(H,23,33)(H,24,31)(H,25,32)(H,27,28)(H,29,30)(H,34,35). The van der Waals surface area contributed by atoms with Crippen LogP contribution in [0.15, 0.2) is 0 Å². The van der Waals surface area contributed by atoms with Crippen molar-refractivity contribution in [2.45, 2.75) is 76.5 Å². The minimum Gasteiger partial charge on any atom is -0.481 e. The third-order valence-corrected chi connectivity index (χ3v) is 4.65. The summed E-state index contributed by atoms with van der Waals surface area (Å²) in [7, 11) is 0. The lowest BCUT2D eigenvalue weighted by molar-refractivity contribution is -0.143. The fourth-order valence-electron chi connectivity index (χ4n) is 2.87. The Morgan fingerprint density at radius 3 is 1.63 bits per heavy atom. The molecule has 15 heteroatoms. The number of carbonyl (C=O) groups excluding carboxylic acids is 4. The highest BCUT2D eigenvalue weighted by atomic mass is 16.4. The molecular formula is C20H33N5O10. The summed E-state index contributed by atoms with van der Waals surface area (Å²) in [6.07, 6.45) is -2.18. The van der Waals surface area contributed by atoms with Gasteiger partial charge in [-0.05, 0) is 25.2 Å². The quantitative estimate of drug-likeness (QED) is 0.103. The molecule has 0 aromatic carbocycles. The lowest BCUT2D eigenvalue weighted by atomic mass is 10.0. The second-order valence-corrected chi connectivity index (χ2v) is 8.29. The normalized spacial score (nSPS) is 14.2. The summed E-state index contributed by atoms with van der Waals surface area (Å²) in [6.45, 7) is 3.48. The zero-order valence-corrected chi connectivity index (χ0v) is 19.5. The third kappa shape index (κ3) is 13.5. The van der Waals surface area contributed by atoms with Crippen LogP contribution in [-0.4, -0.2) is 81.0 Å². The monoisotopic (exact) mass is 503 g/mol. The average Bonchev–Trinajstić information content (AvgIpc) is 2.72. The van der Waals surface area contributed by atoms with E-state index in [0.29, 0.717) is 0 Å². The van der Waals surface area contributed by atoms with Crippen molar-refractivity contribution in [3.8, 4) is 0 Å². The molecule has 4 amide bonds. The summed E-state index contributed by atoms with van der Waals surface area (Å²) < 4.78 is 0. The van der Waals surface area contributed by atoms with Crippen molar-refractivity contribution in [3.63, 3.8) is 0 Å². The molecule has 0 rings (SSSR count). The Kier molecular flexibility index (Phi) is 13.6. The average molecular weight is 504 g/mol. The second kappa shape index (κ2) is 15.2. The Morgan fingerprint density at radius 2 is 1.17 bits per heavy atom. The van der Waals surface area contributed by atoms with E-state index in [1.54, 1.807) is 13.8 Å². The smallest absolute Gasteiger partial charge is 0.326 e. The molecule has 35 heavy (non-hydrogen) atoms. The number of nitrogens with two attached hydrogens (primary N) is 2. The van der Waals surface area contributed by atoms with E-state index in [0.717, 1.165) is 0 Å². The van der Waals surface area contributed by atoms with Crippen LogP contribution in [0.5, 0.6) is 0 Å². The predicted octanol–water partition coefficient (Wildman–Crippen LogP) is -2.50. The summed E-state index contributed by atoms with van der Waals surface area (Å²) >= 11 is 0. The molecule has 198 valence electrons. The molecule has 0 aromatic rings. The number of carboxylic acid groups (broad SMARTS) is 3. The number of nitrogens with one attached hydrogen (secondary N) is 3. The van der Waals surface area contributed by atoms with Crippen LogP contribution < -0.4 is 27.4 Å². The zero-order chi connectivity index (χ0) is 27.3. The van der Waals surface area contributed by atoms with Gasteiger partial charge in [0.05, 0.1) is 12.5 Å². The van der Waals surface area contributed by atoms with Gasteiger partial charge in [0.2, 0.25) is 23.6 Å². The first kappa shape index (κ1) is 31.2. The minimum absolute atomic E-state index is 0.0878. The maximum atomic E-state index is 12.8. The van der Waals surface area contributed by atoms with Crippen LogP contribution in [0.4, 0.5) is 0 Å². The molecule has 0 aliphatic rings. The number of primary amides is 1. The van der Waals surface area contributed by atoms with Gasteiger partial charge in [0.25, 0.3) is 0 Å². The molecule has 4 atom stereocenters. The lowest BCUT2D eigenvalue weighted by Gasteiger charge is -2.25. The fourth-order valence-corrected chi connectivity index (χ4v) is 2.87. The van der Waals surface area contributed by atoms with E-state index in [1.807, 2.05) is 0 Å². The summed E-state index contributed by atoms with van der Waals surface area (Å²) in [5, 5.41) is 33.4. The summed E-state index contributed by atoms with van der Waals surface area (Å²) in [6, 6.07) is -5.66. The number of hydrogen-bond donors (Lipinski definition) is 8. The predicted molar refractivity (Wildman–Crippen MR) is 118 cm³/mol. The molecule has 0 heterocycles. The number of rotatable bonds is 17. The SMILES string of the molecule is CC(C)CC(NC(=O)C(N)CCC(=O)O)C(=O)NC(CC(N)=O)C(=O)NC(CCC(=O)O)C(=O)O. The van der Waals surface area contributed by atoms with E-state index in [9.17, 15) is 38.7 Å². The van der Waals surface area contributed by atoms with Crippen LogP contribution >= 0.6 is 0 Å². The van der Waals surface area contributed by atoms with E-state index in [2.05, 4.69) is 16.0 Å². The zero-order valence-electron chi connectivity index (χ0n) is 19.5. The summed E-state index contributed by atoms with van der Waals surface area (Å²) in [5.74, 6) is -7.89. The van der Waals surface area contributed by atoms with Crippen molar-refractivity contribution >= 4 is 41.5 Å². The van der Waals surface area contributed by atoms with Gasteiger partial charge in [-0.1, -0.05) is 13.8 Å². The van der Waals surface area contributed by atoms with Gasteiger partial charge in [-0.15, -0.1) is 0 Å². The molecule has 0 radical (unpaired) electrons. The van der Waals surface area contributed by atoms with Crippen molar-refractivity contribution in [3.05, 3.63) is 0 Å². The number of aliphatic carboxylic acids is 3. The first-order chi connectivity index (χ1) is 16.1. The van der Waals surface area contributed by atoms with Crippen LogP contribution in [0.25, 0.3) is 0 Å². The van der Waals surface area contributed by atoms with Crippen molar-refractivity contribution in [1.29, 1.82) is 0 Å². The van der Waals surface area contributed by atoms with Crippen LogP contribution in [0.2, 0.25) is 0 Å². The highest BCUT2D eigenvalue weighted by molar-refractivity contribution is 5.96. The Bertz CT molecular complexity index is 816. The molecule has 0 spiro atoms. The minimum atomic E-state index is -1.61. The summed E-state index contributed by atoms with van der Waals surface area (Å²) in [5.41, 5.74) is 10.8. The van der Waals surface area contributed by atoms with Crippen molar-refractivity contribution in [2.24, 2.45) is 17.4 Å². The second-order valence-electron chi connectivity index (χ2n) is 8.29. The van der Waals surface area contributed by atoms with Crippen LogP contribution in [-0.2, 0) is 33.6 Å². The molecule has 0 bridgehead atoms. The fraction of sp³-hybridized carbons (Fsp3) is 0.650. The molecule has 0 aliphatic carbocycles. The Morgan fingerprint density at radius 1 is 0.714 bits per heavy atom. The van der Waals surface area contributed by atoms with Gasteiger partial charge in [-0.25, -0.2) is 4.79 Å². The van der Waals surface area contributed by atoms with Crippen molar-refractivity contribution in [1.82, 2.24) is 16.0 Å². The highest BCUT2D eigenvalue weighted by Gasteiger charge is 2.31. The Balaban J connectivity index is 5.51. The number of hydrogen-bond acceptors (Lipinski definition) is 8. The topological polar surface area (TPSA) is 268 Å². The van der Waals surface area contributed by atoms with Crippen molar-refractivity contribution in [2.75, 3.05) is 0 Å². The van der Waals surface area contributed by atoms with Gasteiger partial charge in [0.1, 0.15) is 18.1 Å². The Hall–Kier alpha value is -3.75. The lowest BCUT2D eigenvalue weighted by Crippen LogP contribution is -2.58. The van der Waals surface area contributed by atoms with Gasteiger partial charge in [0.15, 0.2) is 0 Å². The third-order valence-electron chi connectivity index (χ3n) is 4.65. The number of carboxylic acids is 3. The van der Waals surface area contributed by atoms with Gasteiger partial charge >= 0.3 is 17.9 Å². The molecule has 0 saturated heterocycles. The van der Waals surface area contributed by atoms with Crippen LogP contribution in [0, 0.1) is 5.92 Å². The molecule has 0 aliphatic heterocycles. The van der Waals surface area contributed by atoms with E-state index in [4.69, 9.17) is 21.7 Å². The molecule has 4 unspecified atom stereocenters. The molecule has 0 aromatic heterocycles. The van der Waals surface area contributed by atoms with Gasteiger partial charge < -0.3 is 42.7 Å². The van der Waals surface area contributed by atoms with Crippen molar-refractivity contribution < 1.29 is 48.9 Å². The first-order valence-corrected chi connectivity index (χ1v) is 10.7.